The van der Waals surface area contributed by atoms with E-state index in [1.54, 1.807) is 12.4 Å². The topological polar surface area (TPSA) is 62.2 Å². The maximum Gasteiger partial charge on any atom is 0.213 e. The molecule has 0 radical (unpaired) electrons. The second kappa shape index (κ2) is 14.9. The summed E-state index contributed by atoms with van der Waals surface area (Å²) in [6.45, 7) is 8.13. The molecule has 2 rings (SSSR count). The molecule has 0 aliphatic carbocycles. The van der Waals surface area contributed by atoms with Crippen LogP contribution in [-0.4, -0.2) is 38.1 Å². The monoisotopic (exact) mass is 440 g/mol. The smallest absolute Gasteiger partial charge is 0.213 e. The van der Waals surface area contributed by atoms with Gasteiger partial charge in [-0.1, -0.05) is 36.6 Å². The van der Waals surface area contributed by atoms with E-state index >= 15 is 0 Å². The van der Waals surface area contributed by atoms with Crippen LogP contribution in [0.15, 0.2) is 47.8 Å². The summed E-state index contributed by atoms with van der Waals surface area (Å²) >= 11 is 0. The van der Waals surface area contributed by atoms with Crippen molar-refractivity contribution in [2.75, 3.05) is 26.9 Å². The summed E-state index contributed by atoms with van der Waals surface area (Å²) < 4.78 is 17.5. The highest BCUT2D eigenvalue weighted by molar-refractivity contribution is 5.78. The number of ether oxygens (including phenoxy) is 3. The molecule has 1 aromatic heterocycles. The van der Waals surface area contributed by atoms with Gasteiger partial charge in [0.15, 0.2) is 0 Å². The van der Waals surface area contributed by atoms with Crippen LogP contribution in [0.25, 0.3) is 0 Å². The van der Waals surface area contributed by atoms with Crippen molar-refractivity contribution in [1.82, 2.24) is 4.98 Å². The summed E-state index contributed by atoms with van der Waals surface area (Å²) in [5.74, 6) is 2.50. The van der Waals surface area contributed by atoms with Crippen molar-refractivity contribution in [3.05, 3.63) is 59.3 Å². The number of hydrogen-bond acceptors (Lipinski definition) is 6. The summed E-state index contributed by atoms with van der Waals surface area (Å²) in [6.07, 6.45) is 12.8. The summed E-state index contributed by atoms with van der Waals surface area (Å²) in [7, 11) is 1.51. The average molecular weight is 441 g/mol. The minimum absolute atomic E-state index is 0.591. The average Bonchev–Trinajstić information content (AvgIpc) is 2.79. The predicted octanol–water partition coefficient (Wildman–Crippen LogP) is 6.04. The molecule has 1 heterocycles. The fourth-order valence-electron chi connectivity index (χ4n) is 3.21. The first kappa shape index (κ1) is 25.2. The lowest BCUT2D eigenvalue weighted by molar-refractivity contribution is 0.215. The summed E-state index contributed by atoms with van der Waals surface area (Å²) in [5.41, 5.74) is 3.11. The number of benzene rings is 1. The lowest BCUT2D eigenvalue weighted by Crippen LogP contribution is -2.02. The maximum atomic E-state index is 6.05. The third-order valence-electron chi connectivity index (χ3n) is 4.87. The second-order valence-corrected chi connectivity index (χ2v) is 7.58. The Morgan fingerprint density at radius 2 is 1.59 bits per heavy atom. The van der Waals surface area contributed by atoms with Crippen molar-refractivity contribution in [3.63, 3.8) is 0 Å². The fourth-order valence-corrected chi connectivity index (χ4v) is 3.21. The molecule has 0 aliphatic heterocycles. The Morgan fingerprint density at radius 3 is 2.22 bits per heavy atom. The number of rotatable bonds is 15. The summed E-state index contributed by atoms with van der Waals surface area (Å²) in [5, 5.41) is 3.71. The number of hydrogen-bond donors (Lipinski definition) is 0. The summed E-state index contributed by atoms with van der Waals surface area (Å²) in [4.78, 5) is 8.91. The van der Waals surface area contributed by atoms with Crippen molar-refractivity contribution < 1.29 is 19.0 Å². The molecule has 0 saturated heterocycles. The molecule has 0 atom stereocenters. The third-order valence-corrected chi connectivity index (χ3v) is 4.87. The van der Waals surface area contributed by atoms with Crippen LogP contribution in [0.2, 0.25) is 0 Å². The number of oxime groups is 1. The second-order valence-electron chi connectivity index (χ2n) is 7.58. The van der Waals surface area contributed by atoms with E-state index < -0.39 is 0 Å². The molecule has 6 heteroatoms. The van der Waals surface area contributed by atoms with Crippen LogP contribution in [-0.2, 0) is 4.84 Å². The Balaban J connectivity index is 1.56. The highest BCUT2D eigenvalue weighted by Crippen LogP contribution is 2.28. The van der Waals surface area contributed by atoms with Crippen molar-refractivity contribution in [1.29, 1.82) is 0 Å². The molecule has 0 bridgehead atoms. The first-order valence-electron chi connectivity index (χ1n) is 11.3. The van der Waals surface area contributed by atoms with Gasteiger partial charge in [-0.2, -0.15) is 0 Å². The van der Waals surface area contributed by atoms with Gasteiger partial charge >= 0.3 is 0 Å². The molecule has 6 nitrogen and oxygen atoms in total. The van der Waals surface area contributed by atoms with E-state index in [1.807, 2.05) is 43.3 Å². The fraction of sp³-hybridized carbons (Fsp3) is 0.462. The minimum Gasteiger partial charge on any atom is -0.493 e. The lowest BCUT2D eigenvalue weighted by atomic mass is 10.1. The van der Waals surface area contributed by atoms with Gasteiger partial charge in [0.2, 0.25) is 5.88 Å². The van der Waals surface area contributed by atoms with Gasteiger partial charge in [0.25, 0.3) is 0 Å². The maximum absolute atomic E-state index is 6.05. The van der Waals surface area contributed by atoms with Crippen LogP contribution in [0, 0.1) is 13.8 Å². The molecule has 32 heavy (non-hydrogen) atoms. The van der Waals surface area contributed by atoms with Gasteiger partial charge in [-0.3, -0.25) is 0 Å². The molecule has 0 N–H and O–H groups in total. The number of aryl methyl sites for hydroxylation is 2. The van der Waals surface area contributed by atoms with Crippen molar-refractivity contribution >= 4 is 6.21 Å². The standard InChI is InChI=1S/C26H36N2O4/c1-5-6-14-30-24-17-21(2)26(22(3)18-24)32-16-11-9-7-8-10-15-31-25-13-12-23(19-27-25)20-28-29-4/h5-6,12-13,17-20H,7-11,14-16H2,1-4H3/b6-5+,28-20+. The van der Waals surface area contributed by atoms with Crippen LogP contribution in [0.1, 0.15) is 55.7 Å². The Labute approximate surface area is 192 Å². The zero-order chi connectivity index (χ0) is 23.0. The SMILES string of the molecule is C/C=C/COc1cc(C)c(OCCCCCCCOc2ccc(/C=N/OC)cn2)c(C)c1. The van der Waals surface area contributed by atoms with E-state index in [0.29, 0.717) is 19.1 Å². The van der Waals surface area contributed by atoms with Gasteiger partial charge in [0.05, 0.1) is 19.4 Å². The van der Waals surface area contributed by atoms with Crippen molar-refractivity contribution in [2.45, 2.75) is 52.9 Å². The Morgan fingerprint density at radius 1 is 0.906 bits per heavy atom. The molecule has 0 unspecified atom stereocenters. The zero-order valence-electron chi connectivity index (χ0n) is 19.8. The van der Waals surface area contributed by atoms with Gasteiger partial charge in [0.1, 0.15) is 25.2 Å². The molecule has 0 amide bonds. The van der Waals surface area contributed by atoms with Crippen molar-refractivity contribution in [3.8, 4) is 17.4 Å². The first-order valence-corrected chi connectivity index (χ1v) is 11.3. The third kappa shape index (κ3) is 9.41. The van der Waals surface area contributed by atoms with Crippen LogP contribution in [0.4, 0.5) is 0 Å². The van der Waals surface area contributed by atoms with Gasteiger partial charge in [-0.25, -0.2) is 4.98 Å². The van der Waals surface area contributed by atoms with Gasteiger partial charge in [-0.15, -0.1) is 0 Å². The summed E-state index contributed by atoms with van der Waals surface area (Å²) in [6, 6.07) is 7.83. The molecule has 1 aromatic carbocycles. The minimum atomic E-state index is 0.591. The molecule has 0 saturated carbocycles. The van der Waals surface area contributed by atoms with E-state index in [1.165, 1.54) is 13.5 Å². The number of pyridine rings is 1. The molecule has 0 aliphatic rings. The van der Waals surface area contributed by atoms with Crippen LogP contribution in [0.3, 0.4) is 0 Å². The zero-order valence-corrected chi connectivity index (χ0v) is 19.8. The normalized spacial score (nSPS) is 11.2. The number of aromatic nitrogens is 1. The van der Waals surface area contributed by atoms with Crippen molar-refractivity contribution in [2.24, 2.45) is 5.16 Å². The van der Waals surface area contributed by atoms with Gasteiger partial charge in [0, 0.05) is 17.8 Å². The van der Waals surface area contributed by atoms with E-state index in [0.717, 1.165) is 60.5 Å². The van der Waals surface area contributed by atoms with E-state index in [9.17, 15) is 0 Å². The highest BCUT2D eigenvalue weighted by atomic mass is 16.6. The molecule has 174 valence electrons. The van der Waals surface area contributed by atoms with E-state index in [4.69, 9.17) is 14.2 Å². The number of nitrogens with zero attached hydrogens (tertiary/aromatic N) is 2. The quantitative estimate of drug-likeness (QED) is 0.146. The Bertz CT molecular complexity index is 824. The Kier molecular flexibility index (Phi) is 11.7. The number of allylic oxidation sites excluding steroid dienone is 1. The largest absolute Gasteiger partial charge is 0.493 e. The van der Waals surface area contributed by atoms with E-state index in [2.05, 4.69) is 28.8 Å². The van der Waals surface area contributed by atoms with Gasteiger partial charge < -0.3 is 19.0 Å². The Hall–Kier alpha value is -3.02. The van der Waals surface area contributed by atoms with Crippen LogP contribution in [0.5, 0.6) is 17.4 Å². The lowest BCUT2D eigenvalue weighted by Gasteiger charge is -2.14. The molecular weight excluding hydrogens is 404 g/mol. The predicted molar refractivity (Wildman–Crippen MR) is 129 cm³/mol. The van der Waals surface area contributed by atoms with E-state index in [-0.39, 0.29) is 0 Å². The number of unbranched alkanes of at least 4 members (excludes halogenated alkanes) is 4. The molecular formula is C26H36N2O4. The van der Waals surface area contributed by atoms with Gasteiger partial charge in [-0.05, 0) is 62.9 Å². The van der Waals surface area contributed by atoms with Crippen LogP contribution >= 0.6 is 0 Å². The first-order chi connectivity index (χ1) is 15.6. The molecule has 2 aromatic rings. The van der Waals surface area contributed by atoms with Crippen LogP contribution < -0.4 is 14.2 Å². The highest BCUT2D eigenvalue weighted by Gasteiger charge is 2.07. The molecule has 0 fully saturated rings. The molecule has 0 spiro atoms.